The minimum atomic E-state index is -0.520. The highest BCUT2D eigenvalue weighted by atomic mass is 16.6. The third-order valence-electron chi connectivity index (χ3n) is 5.06. The largest absolute Gasteiger partial charge is 0.494 e. The van der Waals surface area contributed by atoms with Gasteiger partial charge in [0.05, 0.1) is 25.5 Å². The molecule has 0 spiro atoms. The van der Waals surface area contributed by atoms with Crippen LogP contribution in [0.5, 0.6) is 23.0 Å². The van der Waals surface area contributed by atoms with Crippen LogP contribution in [0.4, 0.5) is 0 Å². The molecule has 1 N–H and O–H groups in total. The normalized spacial score (nSPS) is 10.6. The number of benzene rings is 3. The molecule has 0 saturated heterocycles. The Labute approximate surface area is 210 Å². The minimum Gasteiger partial charge on any atom is -0.494 e. The number of hydrogen-bond acceptors (Lipinski definition) is 7. The number of rotatable bonds is 12. The zero-order chi connectivity index (χ0) is 25.8. The first-order valence-electron chi connectivity index (χ1n) is 11.7. The van der Waals surface area contributed by atoms with Crippen LogP contribution in [0, 0.1) is 0 Å². The van der Waals surface area contributed by atoms with Gasteiger partial charge < -0.3 is 18.9 Å². The van der Waals surface area contributed by atoms with E-state index in [1.54, 1.807) is 42.5 Å². The molecule has 0 radical (unpaired) electrons. The first-order valence-corrected chi connectivity index (χ1v) is 11.7. The van der Waals surface area contributed by atoms with Crippen molar-refractivity contribution in [3.8, 4) is 23.0 Å². The zero-order valence-electron chi connectivity index (χ0n) is 20.7. The van der Waals surface area contributed by atoms with E-state index >= 15 is 0 Å². The van der Waals surface area contributed by atoms with Crippen molar-refractivity contribution < 1.29 is 28.5 Å². The Bertz CT molecular complexity index is 1170. The molecule has 1 amide bonds. The van der Waals surface area contributed by atoms with Crippen LogP contribution in [-0.4, -0.2) is 38.4 Å². The summed E-state index contributed by atoms with van der Waals surface area (Å²) in [5.74, 6) is 1.00. The highest BCUT2D eigenvalue weighted by molar-refractivity contribution is 5.92. The molecule has 0 fully saturated rings. The Balaban J connectivity index is 1.53. The maximum absolute atomic E-state index is 12.5. The molecule has 0 heterocycles. The number of esters is 1. The fourth-order valence-electron chi connectivity index (χ4n) is 3.10. The molecule has 0 aromatic heterocycles. The van der Waals surface area contributed by atoms with E-state index < -0.39 is 11.9 Å². The first-order chi connectivity index (χ1) is 17.5. The summed E-state index contributed by atoms with van der Waals surface area (Å²) in [5.41, 5.74) is 4.64. The molecule has 0 bridgehead atoms. The van der Waals surface area contributed by atoms with Crippen molar-refractivity contribution in [2.45, 2.75) is 26.7 Å². The predicted molar refractivity (Wildman–Crippen MR) is 137 cm³/mol. The van der Waals surface area contributed by atoms with Crippen LogP contribution in [0.1, 0.15) is 41.8 Å². The van der Waals surface area contributed by atoms with Crippen LogP contribution < -0.4 is 24.4 Å². The Kier molecular flexibility index (Phi) is 9.88. The predicted octanol–water partition coefficient (Wildman–Crippen LogP) is 4.79. The van der Waals surface area contributed by atoms with E-state index in [0.29, 0.717) is 35.0 Å². The molecule has 188 valence electrons. The molecular weight excluding hydrogens is 460 g/mol. The van der Waals surface area contributed by atoms with Crippen LogP contribution >= 0.6 is 0 Å². The summed E-state index contributed by atoms with van der Waals surface area (Å²) in [6, 6.07) is 19.2. The molecular formula is C28H30N2O6. The van der Waals surface area contributed by atoms with E-state index in [-0.39, 0.29) is 12.4 Å². The van der Waals surface area contributed by atoms with Crippen LogP contribution in [0.25, 0.3) is 0 Å². The van der Waals surface area contributed by atoms with Gasteiger partial charge in [-0.15, -0.1) is 0 Å². The van der Waals surface area contributed by atoms with E-state index in [2.05, 4.69) is 17.5 Å². The molecule has 8 heteroatoms. The highest BCUT2D eigenvalue weighted by Gasteiger charge is 2.13. The molecule has 36 heavy (non-hydrogen) atoms. The highest BCUT2D eigenvalue weighted by Crippen LogP contribution is 2.28. The van der Waals surface area contributed by atoms with Crippen LogP contribution in [0.2, 0.25) is 0 Å². The molecule has 0 saturated carbocycles. The van der Waals surface area contributed by atoms with Gasteiger partial charge in [0.2, 0.25) is 0 Å². The Hall–Kier alpha value is -4.33. The summed E-state index contributed by atoms with van der Waals surface area (Å²) >= 11 is 0. The minimum absolute atomic E-state index is 0.160. The van der Waals surface area contributed by atoms with Crippen molar-refractivity contribution in [3.05, 3.63) is 83.4 Å². The lowest BCUT2D eigenvalue weighted by atomic mass is 10.2. The van der Waals surface area contributed by atoms with Crippen molar-refractivity contribution in [1.82, 2.24) is 5.43 Å². The van der Waals surface area contributed by atoms with Crippen molar-refractivity contribution in [3.63, 3.8) is 0 Å². The molecule has 0 aliphatic carbocycles. The maximum Gasteiger partial charge on any atom is 0.343 e. The summed E-state index contributed by atoms with van der Waals surface area (Å²) < 4.78 is 21.8. The Morgan fingerprint density at radius 1 is 0.889 bits per heavy atom. The number of methoxy groups -OCH3 is 1. The van der Waals surface area contributed by atoms with Gasteiger partial charge in [-0.3, -0.25) is 4.79 Å². The lowest BCUT2D eigenvalue weighted by Crippen LogP contribution is -2.24. The smallest absolute Gasteiger partial charge is 0.343 e. The maximum atomic E-state index is 12.5. The zero-order valence-corrected chi connectivity index (χ0v) is 20.7. The number of nitrogens with zero attached hydrogens (tertiary/aromatic N) is 1. The number of carbonyl (C=O) groups is 2. The quantitative estimate of drug-likeness (QED) is 0.170. The number of carbonyl (C=O) groups excluding carboxylic acids is 2. The molecule has 8 nitrogen and oxygen atoms in total. The second kappa shape index (κ2) is 13.5. The third kappa shape index (κ3) is 7.87. The number of nitrogens with one attached hydrogen (secondary N) is 1. The van der Waals surface area contributed by atoms with E-state index in [9.17, 15) is 9.59 Å². The summed E-state index contributed by atoms with van der Waals surface area (Å²) in [7, 11) is 1.47. The van der Waals surface area contributed by atoms with Crippen LogP contribution in [0.3, 0.4) is 0 Å². The topological polar surface area (TPSA) is 95.5 Å². The van der Waals surface area contributed by atoms with Crippen molar-refractivity contribution in [2.24, 2.45) is 5.10 Å². The Morgan fingerprint density at radius 3 is 2.25 bits per heavy atom. The van der Waals surface area contributed by atoms with Gasteiger partial charge >= 0.3 is 5.97 Å². The second-order valence-electron chi connectivity index (χ2n) is 7.75. The average Bonchev–Trinajstić information content (AvgIpc) is 2.92. The van der Waals surface area contributed by atoms with Gasteiger partial charge in [-0.2, -0.15) is 5.10 Å². The van der Waals surface area contributed by atoms with Gasteiger partial charge in [0, 0.05) is 0 Å². The number of hydrogen-bond donors (Lipinski definition) is 1. The average molecular weight is 491 g/mol. The van der Waals surface area contributed by atoms with Gasteiger partial charge in [-0.05, 0) is 78.6 Å². The van der Waals surface area contributed by atoms with Gasteiger partial charge in [0.15, 0.2) is 18.1 Å². The van der Waals surface area contributed by atoms with Crippen LogP contribution in [-0.2, 0) is 11.2 Å². The van der Waals surface area contributed by atoms with E-state index in [1.165, 1.54) is 18.9 Å². The summed E-state index contributed by atoms with van der Waals surface area (Å²) in [4.78, 5) is 24.5. The SMILES string of the molecule is CCCOc1ccc(C(=O)Oc2ccc(/C=N\NC(=O)COc3ccc(CC)cc3)cc2OC)cc1. The van der Waals surface area contributed by atoms with E-state index in [4.69, 9.17) is 18.9 Å². The van der Waals surface area contributed by atoms with Gasteiger partial charge in [0.25, 0.3) is 5.91 Å². The summed E-state index contributed by atoms with van der Waals surface area (Å²) in [5, 5.41) is 3.94. The monoisotopic (exact) mass is 490 g/mol. The fourth-order valence-corrected chi connectivity index (χ4v) is 3.10. The number of amides is 1. The summed E-state index contributed by atoms with van der Waals surface area (Å²) in [6.07, 6.45) is 3.29. The third-order valence-corrected chi connectivity index (χ3v) is 5.06. The molecule has 3 rings (SSSR count). The van der Waals surface area contributed by atoms with E-state index in [1.807, 2.05) is 31.2 Å². The number of aryl methyl sites for hydroxylation is 1. The number of ether oxygens (including phenoxy) is 4. The lowest BCUT2D eigenvalue weighted by Gasteiger charge is -2.10. The lowest BCUT2D eigenvalue weighted by molar-refractivity contribution is -0.123. The molecule has 0 atom stereocenters. The van der Waals surface area contributed by atoms with Gasteiger partial charge in [-0.1, -0.05) is 26.0 Å². The molecule has 0 aliphatic heterocycles. The van der Waals surface area contributed by atoms with Crippen molar-refractivity contribution in [2.75, 3.05) is 20.3 Å². The summed E-state index contributed by atoms with van der Waals surface area (Å²) in [6.45, 7) is 4.55. The second-order valence-corrected chi connectivity index (χ2v) is 7.75. The molecule has 0 unspecified atom stereocenters. The van der Waals surface area contributed by atoms with Gasteiger partial charge in [0.1, 0.15) is 11.5 Å². The molecule has 3 aromatic carbocycles. The van der Waals surface area contributed by atoms with Gasteiger partial charge in [-0.25, -0.2) is 10.2 Å². The standard InChI is InChI=1S/C28H30N2O6/c1-4-16-34-23-13-9-22(10-14-23)28(32)36-25-15-8-21(17-26(25)33-3)18-29-30-27(31)19-35-24-11-6-20(5-2)7-12-24/h6-15,17-18H,4-5,16,19H2,1-3H3,(H,30,31)/b29-18-. The van der Waals surface area contributed by atoms with Crippen molar-refractivity contribution >= 4 is 18.1 Å². The molecule has 0 aliphatic rings. The molecule has 3 aromatic rings. The van der Waals surface area contributed by atoms with Crippen molar-refractivity contribution in [1.29, 1.82) is 0 Å². The van der Waals surface area contributed by atoms with E-state index in [0.717, 1.165) is 12.8 Å². The number of hydrazone groups is 1. The first kappa shape index (κ1) is 26.3. The fraction of sp³-hybridized carbons (Fsp3) is 0.250. The van der Waals surface area contributed by atoms with Crippen LogP contribution in [0.15, 0.2) is 71.8 Å². The Morgan fingerprint density at radius 2 is 1.58 bits per heavy atom.